The van der Waals surface area contributed by atoms with Crippen LogP contribution < -0.4 is 10.1 Å². The smallest absolute Gasteiger partial charge is 0.229 e. The van der Waals surface area contributed by atoms with Crippen molar-refractivity contribution in [3.63, 3.8) is 0 Å². The van der Waals surface area contributed by atoms with Gasteiger partial charge in [0, 0.05) is 13.1 Å². The van der Waals surface area contributed by atoms with E-state index in [-0.39, 0.29) is 30.2 Å². The highest BCUT2D eigenvalue weighted by Crippen LogP contribution is 2.17. The fourth-order valence-corrected chi connectivity index (χ4v) is 2.33. The van der Waals surface area contributed by atoms with Gasteiger partial charge in [-0.05, 0) is 19.2 Å². The zero-order valence-corrected chi connectivity index (χ0v) is 12.3. The minimum absolute atomic E-state index is 0.0176. The molecule has 1 saturated heterocycles. The lowest BCUT2D eigenvalue weighted by atomic mass is 10.0. The molecule has 0 bridgehead atoms. The summed E-state index contributed by atoms with van der Waals surface area (Å²) >= 11 is 0. The molecular weight excluding hydrogens is 275 g/mol. The molecule has 1 heterocycles. The minimum atomic E-state index is -0.397. The van der Waals surface area contributed by atoms with E-state index in [1.165, 1.54) is 6.07 Å². The lowest BCUT2D eigenvalue weighted by molar-refractivity contribution is -0.135. The largest absolute Gasteiger partial charge is 0.489 e. The first-order valence-corrected chi connectivity index (χ1v) is 7.00. The summed E-state index contributed by atoms with van der Waals surface area (Å²) in [4.78, 5) is 13.9. The number of halogens is 1. The Balaban J connectivity index is 1.80. The fraction of sp³-hybridized carbons (Fsp3) is 0.533. The van der Waals surface area contributed by atoms with Crippen LogP contribution in [0.4, 0.5) is 4.39 Å². The number of rotatable bonds is 6. The molecule has 1 N–H and O–H groups in total. The highest BCUT2D eigenvalue weighted by molar-refractivity contribution is 5.79. The molecule has 1 amide bonds. The molecule has 0 spiro atoms. The molecule has 0 radical (unpaired) electrons. The summed E-state index contributed by atoms with van der Waals surface area (Å²) in [5.74, 6) is -0.348. The molecule has 6 heteroatoms. The van der Waals surface area contributed by atoms with Crippen LogP contribution in [0.2, 0.25) is 0 Å². The molecule has 1 fully saturated rings. The minimum Gasteiger partial charge on any atom is -0.489 e. The summed E-state index contributed by atoms with van der Waals surface area (Å²) in [6.45, 7) is 1.64. The number of likely N-dealkylation sites (N-methyl/N-ethyl adjacent to an activating group) is 2. The van der Waals surface area contributed by atoms with Crippen LogP contribution in [0.5, 0.6) is 5.75 Å². The molecule has 0 aromatic heterocycles. The number of amides is 1. The molecule has 2 unspecified atom stereocenters. The zero-order chi connectivity index (χ0) is 15.2. The molecule has 1 aliphatic rings. The highest BCUT2D eigenvalue weighted by Gasteiger charge is 2.34. The van der Waals surface area contributed by atoms with Crippen LogP contribution in [-0.2, 0) is 9.53 Å². The van der Waals surface area contributed by atoms with Gasteiger partial charge in [0.15, 0.2) is 11.6 Å². The molecule has 1 aromatic carbocycles. The number of benzene rings is 1. The molecule has 2 rings (SSSR count). The van der Waals surface area contributed by atoms with Gasteiger partial charge in [-0.3, -0.25) is 4.79 Å². The van der Waals surface area contributed by atoms with Crippen LogP contribution in [0.3, 0.4) is 0 Å². The molecule has 1 aromatic rings. The van der Waals surface area contributed by atoms with E-state index in [0.29, 0.717) is 19.8 Å². The number of carbonyl (C=O) groups is 1. The van der Waals surface area contributed by atoms with Crippen LogP contribution >= 0.6 is 0 Å². The Morgan fingerprint density at radius 3 is 2.95 bits per heavy atom. The second-order valence-electron chi connectivity index (χ2n) is 5.08. The molecule has 1 aliphatic heterocycles. The van der Waals surface area contributed by atoms with Gasteiger partial charge in [-0.15, -0.1) is 0 Å². The van der Waals surface area contributed by atoms with Crippen molar-refractivity contribution in [1.29, 1.82) is 0 Å². The number of para-hydroxylation sites is 1. The Kier molecular flexibility index (Phi) is 5.52. The van der Waals surface area contributed by atoms with Crippen molar-refractivity contribution in [2.75, 3.05) is 40.5 Å². The van der Waals surface area contributed by atoms with Gasteiger partial charge in [0.2, 0.25) is 5.91 Å². The normalized spacial score (nSPS) is 21.3. The van der Waals surface area contributed by atoms with Crippen molar-refractivity contribution in [3.8, 4) is 5.75 Å². The molecule has 5 nitrogen and oxygen atoms in total. The fourth-order valence-electron chi connectivity index (χ4n) is 2.33. The van der Waals surface area contributed by atoms with E-state index in [2.05, 4.69) is 5.32 Å². The van der Waals surface area contributed by atoms with Crippen LogP contribution in [0.1, 0.15) is 0 Å². The Morgan fingerprint density at radius 1 is 1.48 bits per heavy atom. The van der Waals surface area contributed by atoms with Gasteiger partial charge < -0.3 is 19.7 Å². The lowest BCUT2D eigenvalue weighted by Gasteiger charge is -2.23. The Morgan fingerprint density at radius 2 is 2.24 bits per heavy atom. The van der Waals surface area contributed by atoms with Gasteiger partial charge in [0.1, 0.15) is 6.61 Å². The van der Waals surface area contributed by atoms with Crippen molar-refractivity contribution in [2.45, 2.75) is 6.04 Å². The summed E-state index contributed by atoms with van der Waals surface area (Å²) in [6, 6.07) is 6.28. The van der Waals surface area contributed by atoms with Crippen molar-refractivity contribution in [1.82, 2.24) is 10.2 Å². The summed E-state index contributed by atoms with van der Waals surface area (Å²) in [5.41, 5.74) is 0. The van der Waals surface area contributed by atoms with Crippen LogP contribution in [-0.4, -0.2) is 57.3 Å². The van der Waals surface area contributed by atoms with E-state index in [9.17, 15) is 9.18 Å². The molecule has 116 valence electrons. The van der Waals surface area contributed by atoms with E-state index >= 15 is 0 Å². The van der Waals surface area contributed by atoms with E-state index in [1.54, 1.807) is 30.1 Å². The Bertz CT molecular complexity index is 484. The van der Waals surface area contributed by atoms with Crippen molar-refractivity contribution < 1.29 is 18.7 Å². The maximum Gasteiger partial charge on any atom is 0.229 e. The quantitative estimate of drug-likeness (QED) is 0.847. The van der Waals surface area contributed by atoms with Gasteiger partial charge >= 0.3 is 0 Å². The van der Waals surface area contributed by atoms with E-state index < -0.39 is 5.82 Å². The van der Waals surface area contributed by atoms with Gasteiger partial charge in [-0.2, -0.15) is 0 Å². The summed E-state index contributed by atoms with van der Waals surface area (Å²) in [5, 5.41) is 3.09. The third-order valence-corrected chi connectivity index (χ3v) is 3.67. The predicted molar refractivity (Wildman–Crippen MR) is 76.7 cm³/mol. The molecular formula is C15H21FN2O3. The molecule has 0 aliphatic carbocycles. The van der Waals surface area contributed by atoms with Crippen LogP contribution in [0.15, 0.2) is 24.3 Å². The second-order valence-corrected chi connectivity index (χ2v) is 5.08. The first kappa shape index (κ1) is 15.7. The topological polar surface area (TPSA) is 50.8 Å². The van der Waals surface area contributed by atoms with Gasteiger partial charge in [-0.25, -0.2) is 4.39 Å². The maximum atomic E-state index is 13.4. The van der Waals surface area contributed by atoms with E-state index in [4.69, 9.17) is 9.47 Å². The summed E-state index contributed by atoms with van der Waals surface area (Å²) in [6.07, 6.45) is 0. The van der Waals surface area contributed by atoms with Crippen LogP contribution in [0.25, 0.3) is 0 Å². The molecule has 0 saturated carbocycles. The third kappa shape index (κ3) is 3.92. The summed E-state index contributed by atoms with van der Waals surface area (Å²) in [7, 11) is 3.54. The SMILES string of the molecule is CNC1COCC1C(=O)N(C)CCOc1ccccc1F. The Hall–Kier alpha value is -1.66. The van der Waals surface area contributed by atoms with Gasteiger partial charge in [-0.1, -0.05) is 12.1 Å². The maximum absolute atomic E-state index is 13.4. The van der Waals surface area contributed by atoms with Crippen molar-refractivity contribution in [2.24, 2.45) is 5.92 Å². The number of ether oxygens (including phenoxy) is 2. The lowest BCUT2D eigenvalue weighted by Crippen LogP contribution is -2.44. The standard InChI is InChI=1S/C15H21FN2O3/c1-17-13-10-20-9-11(13)15(19)18(2)7-8-21-14-6-4-3-5-12(14)16/h3-6,11,13,17H,7-10H2,1-2H3. The van der Waals surface area contributed by atoms with Crippen LogP contribution in [0, 0.1) is 11.7 Å². The van der Waals surface area contributed by atoms with E-state index in [1.807, 2.05) is 7.05 Å². The van der Waals surface area contributed by atoms with E-state index in [0.717, 1.165) is 0 Å². The second kappa shape index (κ2) is 7.38. The molecule has 2 atom stereocenters. The van der Waals surface area contributed by atoms with Crippen molar-refractivity contribution >= 4 is 5.91 Å². The number of hydrogen-bond donors (Lipinski definition) is 1. The number of carbonyl (C=O) groups excluding carboxylic acids is 1. The monoisotopic (exact) mass is 296 g/mol. The first-order valence-electron chi connectivity index (χ1n) is 7.00. The highest BCUT2D eigenvalue weighted by atomic mass is 19.1. The van der Waals surface area contributed by atoms with Gasteiger partial charge in [0.25, 0.3) is 0 Å². The van der Waals surface area contributed by atoms with Gasteiger partial charge in [0.05, 0.1) is 25.7 Å². The Labute approximate surface area is 124 Å². The zero-order valence-electron chi connectivity index (χ0n) is 12.3. The van der Waals surface area contributed by atoms with Crippen molar-refractivity contribution in [3.05, 3.63) is 30.1 Å². The molecule has 21 heavy (non-hydrogen) atoms. The number of nitrogens with zero attached hydrogens (tertiary/aromatic N) is 1. The first-order chi connectivity index (χ1) is 10.1. The number of nitrogens with one attached hydrogen (secondary N) is 1. The average Bonchev–Trinajstić information content (AvgIpc) is 2.96. The summed E-state index contributed by atoms with van der Waals surface area (Å²) < 4.78 is 24.1. The predicted octanol–water partition coefficient (Wildman–Crippen LogP) is 0.897. The third-order valence-electron chi connectivity index (χ3n) is 3.67. The average molecular weight is 296 g/mol. The number of hydrogen-bond acceptors (Lipinski definition) is 4.